The van der Waals surface area contributed by atoms with Crippen LogP contribution in [0.5, 0.6) is 0 Å². The Kier molecular flexibility index (Phi) is 4.40. The molecule has 3 heteroatoms. The second-order valence-corrected chi connectivity index (χ2v) is 8.18. The van der Waals surface area contributed by atoms with Gasteiger partial charge in [-0.2, -0.15) is 0 Å². The Morgan fingerprint density at radius 2 is 1.95 bits per heavy atom. The van der Waals surface area contributed by atoms with E-state index in [9.17, 15) is 5.11 Å². The van der Waals surface area contributed by atoms with E-state index in [0.717, 1.165) is 19.0 Å². The number of piperidine rings is 1. The molecule has 116 valence electrons. The van der Waals surface area contributed by atoms with Crippen LogP contribution in [0.15, 0.2) is 0 Å². The molecule has 0 aromatic carbocycles. The lowest BCUT2D eigenvalue weighted by Gasteiger charge is -2.46. The third kappa shape index (κ3) is 3.37. The fourth-order valence-electron chi connectivity index (χ4n) is 4.63. The van der Waals surface area contributed by atoms with E-state index in [1.807, 2.05) is 0 Å². The quantitative estimate of drug-likeness (QED) is 0.841. The van der Waals surface area contributed by atoms with Crippen LogP contribution in [0.25, 0.3) is 0 Å². The van der Waals surface area contributed by atoms with Crippen molar-refractivity contribution in [1.82, 2.24) is 9.80 Å². The Hall–Kier alpha value is -0.120. The predicted octanol–water partition coefficient (Wildman–Crippen LogP) is 2.34. The Morgan fingerprint density at radius 3 is 2.80 bits per heavy atom. The number of piperazine rings is 1. The third-order valence-electron chi connectivity index (χ3n) is 5.89. The number of hydrogen-bond donors (Lipinski definition) is 1. The zero-order chi connectivity index (χ0) is 14.2. The van der Waals surface area contributed by atoms with Crippen molar-refractivity contribution in [3.63, 3.8) is 0 Å². The first-order chi connectivity index (χ1) is 9.53. The highest BCUT2D eigenvalue weighted by atomic mass is 16.3. The maximum Gasteiger partial charge on any atom is 0.0581 e. The Morgan fingerprint density at radius 1 is 1.10 bits per heavy atom. The number of hydrogen-bond acceptors (Lipinski definition) is 3. The van der Waals surface area contributed by atoms with E-state index < -0.39 is 0 Å². The summed E-state index contributed by atoms with van der Waals surface area (Å²) in [6.07, 6.45) is 7.50. The van der Waals surface area contributed by atoms with Crippen molar-refractivity contribution in [2.75, 3.05) is 32.7 Å². The molecule has 0 aromatic rings. The van der Waals surface area contributed by atoms with Crippen molar-refractivity contribution in [2.45, 2.75) is 64.5 Å². The van der Waals surface area contributed by atoms with Gasteiger partial charge in [0.2, 0.25) is 0 Å². The standard InChI is InChI=1S/C17H32N2O/c1-17(2)7-6-16(20)14(11-17)12-18-9-10-19-8-4-3-5-15(19)13-18/h14-16,20H,3-13H2,1-2H3. The molecular formula is C17H32N2O. The van der Waals surface area contributed by atoms with Gasteiger partial charge in [-0.1, -0.05) is 20.3 Å². The molecule has 1 saturated carbocycles. The summed E-state index contributed by atoms with van der Waals surface area (Å²) in [6, 6.07) is 0.797. The summed E-state index contributed by atoms with van der Waals surface area (Å²) in [6.45, 7) is 10.9. The number of aliphatic hydroxyl groups excluding tert-OH is 1. The maximum absolute atomic E-state index is 10.3. The second-order valence-electron chi connectivity index (χ2n) is 8.18. The maximum atomic E-state index is 10.3. The first-order valence-corrected chi connectivity index (χ1v) is 8.68. The minimum absolute atomic E-state index is 0.0626. The van der Waals surface area contributed by atoms with Crippen molar-refractivity contribution in [3.05, 3.63) is 0 Å². The number of aliphatic hydroxyl groups is 1. The van der Waals surface area contributed by atoms with Crippen LogP contribution in [0.1, 0.15) is 52.4 Å². The highest BCUT2D eigenvalue weighted by molar-refractivity contribution is 4.90. The molecule has 2 heterocycles. The molecule has 3 nitrogen and oxygen atoms in total. The van der Waals surface area contributed by atoms with Gasteiger partial charge in [-0.3, -0.25) is 4.90 Å². The fourth-order valence-corrected chi connectivity index (χ4v) is 4.63. The number of rotatable bonds is 2. The molecule has 1 aliphatic carbocycles. The molecule has 3 atom stereocenters. The van der Waals surface area contributed by atoms with E-state index >= 15 is 0 Å². The third-order valence-corrected chi connectivity index (χ3v) is 5.89. The van der Waals surface area contributed by atoms with Crippen LogP contribution >= 0.6 is 0 Å². The Labute approximate surface area is 124 Å². The molecule has 0 bridgehead atoms. The molecule has 0 amide bonds. The van der Waals surface area contributed by atoms with Crippen LogP contribution < -0.4 is 0 Å². The molecule has 3 unspecified atom stereocenters. The van der Waals surface area contributed by atoms with Gasteiger partial charge in [0.15, 0.2) is 0 Å². The first-order valence-electron chi connectivity index (χ1n) is 8.68. The monoisotopic (exact) mass is 280 g/mol. The molecule has 20 heavy (non-hydrogen) atoms. The van der Waals surface area contributed by atoms with Gasteiger partial charge in [0.25, 0.3) is 0 Å². The predicted molar refractivity (Wildman–Crippen MR) is 82.8 cm³/mol. The van der Waals surface area contributed by atoms with Crippen LogP contribution in [0.3, 0.4) is 0 Å². The average Bonchev–Trinajstić information content (AvgIpc) is 2.43. The summed E-state index contributed by atoms with van der Waals surface area (Å²) in [5.74, 6) is 0.494. The van der Waals surface area contributed by atoms with Crippen molar-refractivity contribution >= 4 is 0 Å². The summed E-state index contributed by atoms with van der Waals surface area (Å²) >= 11 is 0. The van der Waals surface area contributed by atoms with Crippen LogP contribution in [0.2, 0.25) is 0 Å². The topological polar surface area (TPSA) is 26.7 Å². The van der Waals surface area contributed by atoms with E-state index in [2.05, 4.69) is 23.6 Å². The molecule has 2 saturated heterocycles. The van der Waals surface area contributed by atoms with E-state index in [1.165, 1.54) is 58.3 Å². The SMILES string of the molecule is CC1(C)CCC(O)C(CN2CCN3CCCCC3C2)C1. The summed E-state index contributed by atoms with van der Waals surface area (Å²) < 4.78 is 0. The Bertz CT molecular complexity index is 331. The molecule has 3 fully saturated rings. The van der Waals surface area contributed by atoms with Gasteiger partial charge >= 0.3 is 0 Å². The lowest BCUT2D eigenvalue weighted by atomic mass is 9.70. The Balaban J connectivity index is 1.54. The number of fused-ring (bicyclic) bond motifs is 1. The lowest BCUT2D eigenvalue weighted by Crippen LogP contribution is -2.56. The largest absolute Gasteiger partial charge is 0.393 e. The molecule has 0 spiro atoms. The van der Waals surface area contributed by atoms with Gasteiger partial charge < -0.3 is 10.0 Å². The van der Waals surface area contributed by atoms with Crippen molar-refractivity contribution in [2.24, 2.45) is 11.3 Å². The molecule has 3 rings (SSSR count). The van der Waals surface area contributed by atoms with E-state index in [-0.39, 0.29) is 6.10 Å². The van der Waals surface area contributed by atoms with Crippen molar-refractivity contribution in [3.8, 4) is 0 Å². The highest BCUT2D eigenvalue weighted by Gasteiger charge is 2.36. The van der Waals surface area contributed by atoms with Gasteiger partial charge in [0, 0.05) is 32.2 Å². The van der Waals surface area contributed by atoms with Gasteiger partial charge in [-0.15, -0.1) is 0 Å². The highest BCUT2D eigenvalue weighted by Crippen LogP contribution is 2.39. The van der Waals surface area contributed by atoms with E-state index in [4.69, 9.17) is 0 Å². The summed E-state index contributed by atoms with van der Waals surface area (Å²) in [5.41, 5.74) is 0.427. The van der Waals surface area contributed by atoms with Gasteiger partial charge in [-0.25, -0.2) is 0 Å². The summed E-state index contributed by atoms with van der Waals surface area (Å²) in [4.78, 5) is 5.34. The van der Waals surface area contributed by atoms with Crippen LogP contribution in [0.4, 0.5) is 0 Å². The fraction of sp³-hybridized carbons (Fsp3) is 1.00. The first kappa shape index (κ1) is 14.8. The normalized spacial score (nSPS) is 39.5. The van der Waals surface area contributed by atoms with E-state index in [0.29, 0.717) is 11.3 Å². The van der Waals surface area contributed by atoms with Gasteiger partial charge in [0.05, 0.1) is 6.10 Å². The minimum atomic E-state index is -0.0626. The minimum Gasteiger partial charge on any atom is -0.393 e. The smallest absolute Gasteiger partial charge is 0.0581 e. The molecular weight excluding hydrogens is 248 g/mol. The molecule has 0 aromatic heterocycles. The second kappa shape index (κ2) is 5.94. The zero-order valence-corrected chi connectivity index (χ0v) is 13.4. The average molecular weight is 280 g/mol. The van der Waals surface area contributed by atoms with Gasteiger partial charge in [0.1, 0.15) is 0 Å². The van der Waals surface area contributed by atoms with Crippen LogP contribution in [-0.2, 0) is 0 Å². The molecule has 2 aliphatic heterocycles. The lowest BCUT2D eigenvalue weighted by molar-refractivity contribution is -0.0166. The number of nitrogens with zero attached hydrogens (tertiary/aromatic N) is 2. The molecule has 1 N–H and O–H groups in total. The van der Waals surface area contributed by atoms with E-state index in [1.54, 1.807) is 0 Å². The van der Waals surface area contributed by atoms with Crippen molar-refractivity contribution in [1.29, 1.82) is 0 Å². The molecule has 3 aliphatic rings. The summed E-state index contributed by atoms with van der Waals surface area (Å²) in [7, 11) is 0. The van der Waals surface area contributed by atoms with Gasteiger partial charge in [-0.05, 0) is 50.0 Å². The molecule has 0 radical (unpaired) electrons. The summed E-state index contributed by atoms with van der Waals surface area (Å²) in [5, 5.41) is 10.3. The van der Waals surface area contributed by atoms with Crippen LogP contribution in [0, 0.1) is 11.3 Å². The zero-order valence-electron chi connectivity index (χ0n) is 13.4. The van der Waals surface area contributed by atoms with Crippen molar-refractivity contribution < 1.29 is 5.11 Å². The van der Waals surface area contributed by atoms with Crippen LogP contribution in [-0.4, -0.2) is 59.8 Å².